The van der Waals surface area contributed by atoms with E-state index in [1.807, 2.05) is 30.3 Å². The van der Waals surface area contributed by atoms with Crippen LogP contribution < -0.4 is 10.6 Å². The summed E-state index contributed by atoms with van der Waals surface area (Å²) in [6.07, 6.45) is 0.512. The fraction of sp³-hybridized carbons (Fsp3) is 0.0800. The number of hydrogen-bond donors (Lipinski definition) is 3. The smallest absolute Gasteiger partial charge is 0.278 e. The zero-order chi connectivity index (χ0) is 23.4. The van der Waals surface area contributed by atoms with Crippen molar-refractivity contribution in [1.82, 2.24) is 4.90 Å². The number of halogens is 1. The van der Waals surface area contributed by atoms with Crippen LogP contribution in [0.1, 0.15) is 15.9 Å². The van der Waals surface area contributed by atoms with Gasteiger partial charge in [0.25, 0.3) is 17.7 Å². The molecule has 4 rings (SSSR count). The minimum atomic E-state index is -0.562. The van der Waals surface area contributed by atoms with Crippen LogP contribution in [-0.4, -0.2) is 34.3 Å². The highest BCUT2D eigenvalue weighted by molar-refractivity contribution is 6.48. The Morgan fingerprint density at radius 1 is 0.909 bits per heavy atom. The first-order valence-corrected chi connectivity index (χ1v) is 10.6. The van der Waals surface area contributed by atoms with Gasteiger partial charge in [0, 0.05) is 17.8 Å². The molecular weight excluding hydrogens is 442 g/mol. The summed E-state index contributed by atoms with van der Waals surface area (Å²) in [6.45, 7) is 0.200. The van der Waals surface area contributed by atoms with Crippen molar-refractivity contribution in [1.29, 1.82) is 0 Å². The quantitative estimate of drug-likeness (QED) is 0.363. The number of amides is 3. The number of benzene rings is 3. The molecule has 1 aliphatic rings. The minimum absolute atomic E-state index is 0.0343. The summed E-state index contributed by atoms with van der Waals surface area (Å²) in [5.74, 6) is -1.58. The summed E-state index contributed by atoms with van der Waals surface area (Å²) in [5, 5.41) is 15.2. The molecule has 166 valence electrons. The van der Waals surface area contributed by atoms with Crippen LogP contribution in [0.4, 0.5) is 11.4 Å². The van der Waals surface area contributed by atoms with Gasteiger partial charge in [0.15, 0.2) is 0 Å². The fourth-order valence-electron chi connectivity index (χ4n) is 3.40. The van der Waals surface area contributed by atoms with Crippen LogP contribution in [0.5, 0.6) is 5.75 Å². The summed E-state index contributed by atoms with van der Waals surface area (Å²) in [5.41, 5.74) is 1.95. The number of imide groups is 1. The first kappa shape index (κ1) is 22.1. The number of para-hydroxylation sites is 2. The van der Waals surface area contributed by atoms with Crippen molar-refractivity contribution in [2.24, 2.45) is 0 Å². The number of phenolic OH excluding ortho intramolecular Hbond substituents is 1. The number of anilines is 2. The van der Waals surface area contributed by atoms with E-state index in [1.165, 1.54) is 12.1 Å². The Labute approximate surface area is 195 Å². The van der Waals surface area contributed by atoms with Crippen molar-refractivity contribution in [2.75, 3.05) is 17.2 Å². The van der Waals surface area contributed by atoms with Crippen LogP contribution in [-0.2, 0) is 16.0 Å². The normalized spacial score (nSPS) is 13.4. The number of nitrogens with one attached hydrogen (secondary N) is 2. The van der Waals surface area contributed by atoms with E-state index < -0.39 is 17.7 Å². The number of carbonyl (C=O) groups is 3. The van der Waals surface area contributed by atoms with Gasteiger partial charge in [-0.25, -0.2) is 0 Å². The number of phenols is 1. The van der Waals surface area contributed by atoms with Gasteiger partial charge >= 0.3 is 0 Å². The maximum absolute atomic E-state index is 12.8. The van der Waals surface area contributed by atoms with Crippen LogP contribution >= 0.6 is 11.6 Å². The molecule has 0 spiro atoms. The Morgan fingerprint density at radius 3 is 2.39 bits per heavy atom. The molecule has 3 aromatic carbocycles. The van der Waals surface area contributed by atoms with Crippen LogP contribution in [0.3, 0.4) is 0 Å². The molecule has 0 aliphatic carbocycles. The second kappa shape index (κ2) is 9.58. The van der Waals surface area contributed by atoms with Gasteiger partial charge in [-0.2, -0.15) is 0 Å². The lowest BCUT2D eigenvalue weighted by atomic mass is 10.1. The van der Waals surface area contributed by atoms with Crippen LogP contribution in [0, 0.1) is 0 Å². The third-order valence-electron chi connectivity index (χ3n) is 5.12. The maximum Gasteiger partial charge on any atom is 0.278 e. The second-order valence-electron chi connectivity index (χ2n) is 7.36. The van der Waals surface area contributed by atoms with Gasteiger partial charge in [-0.15, -0.1) is 0 Å². The predicted molar refractivity (Wildman–Crippen MR) is 126 cm³/mol. The average molecular weight is 462 g/mol. The molecule has 3 amide bonds. The molecule has 33 heavy (non-hydrogen) atoms. The summed E-state index contributed by atoms with van der Waals surface area (Å²) in [6, 6.07) is 22.3. The molecule has 0 fully saturated rings. The number of rotatable bonds is 7. The van der Waals surface area contributed by atoms with Gasteiger partial charge in [-0.1, -0.05) is 60.1 Å². The van der Waals surface area contributed by atoms with E-state index in [-0.39, 0.29) is 34.3 Å². The van der Waals surface area contributed by atoms with Crippen molar-refractivity contribution >= 4 is 40.7 Å². The lowest BCUT2D eigenvalue weighted by Crippen LogP contribution is -2.34. The first-order valence-electron chi connectivity index (χ1n) is 10.2. The summed E-state index contributed by atoms with van der Waals surface area (Å²) >= 11 is 6.18. The standard InChI is InChI=1S/C25H20ClN3O4/c26-21-22(25(33)29(24(21)32)14-13-16-7-2-1-3-8-16)27-18-10-6-9-17(15-18)23(31)28-19-11-4-5-12-20(19)30/h1-12,15,27,30H,13-14H2,(H,28,31). The van der Waals surface area contributed by atoms with Crippen molar-refractivity contribution in [2.45, 2.75) is 6.42 Å². The van der Waals surface area contributed by atoms with E-state index >= 15 is 0 Å². The highest BCUT2D eigenvalue weighted by Crippen LogP contribution is 2.27. The average Bonchev–Trinajstić information content (AvgIpc) is 3.03. The van der Waals surface area contributed by atoms with Crippen molar-refractivity contribution in [3.05, 3.63) is 101 Å². The third kappa shape index (κ3) is 4.88. The van der Waals surface area contributed by atoms with Crippen LogP contribution in [0.2, 0.25) is 0 Å². The summed E-state index contributed by atoms with van der Waals surface area (Å²) in [4.78, 5) is 39.1. The van der Waals surface area contributed by atoms with E-state index in [0.717, 1.165) is 10.5 Å². The highest BCUT2D eigenvalue weighted by atomic mass is 35.5. The van der Waals surface area contributed by atoms with Gasteiger partial charge < -0.3 is 15.7 Å². The molecule has 0 unspecified atom stereocenters. The Bertz CT molecular complexity index is 1260. The van der Waals surface area contributed by atoms with Gasteiger partial charge in [-0.05, 0) is 42.3 Å². The highest BCUT2D eigenvalue weighted by Gasteiger charge is 2.37. The van der Waals surface area contributed by atoms with E-state index in [9.17, 15) is 19.5 Å². The van der Waals surface area contributed by atoms with Crippen LogP contribution in [0.25, 0.3) is 0 Å². The van der Waals surface area contributed by atoms with Gasteiger partial charge in [-0.3, -0.25) is 19.3 Å². The Morgan fingerprint density at radius 2 is 1.64 bits per heavy atom. The molecule has 0 radical (unpaired) electrons. The van der Waals surface area contributed by atoms with Crippen LogP contribution in [0.15, 0.2) is 89.6 Å². The van der Waals surface area contributed by atoms with E-state index in [4.69, 9.17) is 11.6 Å². The molecule has 1 heterocycles. The monoisotopic (exact) mass is 461 g/mol. The molecule has 0 atom stereocenters. The SMILES string of the molecule is O=C(Nc1ccccc1O)c1cccc(NC2=C(Cl)C(=O)N(CCc3ccccc3)C2=O)c1. The molecule has 7 nitrogen and oxygen atoms in total. The molecule has 3 N–H and O–H groups in total. The van der Waals surface area contributed by atoms with E-state index in [1.54, 1.807) is 36.4 Å². The number of hydrogen-bond acceptors (Lipinski definition) is 5. The molecule has 0 saturated carbocycles. The van der Waals surface area contributed by atoms with Crippen molar-refractivity contribution in [3.63, 3.8) is 0 Å². The Kier molecular flexibility index (Phi) is 6.42. The summed E-state index contributed by atoms with van der Waals surface area (Å²) in [7, 11) is 0. The van der Waals surface area contributed by atoms with Gasteiger partial charge in [0.1, 0.15) is 16.5 Å². The van der Waals surface area contributed by atoms with E-state index in [0.29, 0.717) is 12.1 Å². The molecule has 1 aliphatic heterocycles. The van der Waals surface area contributed by atoms with Gasteiger partial charge in [0.05, 0.1) is 5.69 Å². The summed E-state index contributed by atoms with van der Waals surface area (Å²) < 4.78 is 0. The number of carbonyl (C=O) groups excluding carboxylic acids is 3. The topological polar surface area (TPSA) is 98.7 Å². The van der Waals surface area contributed by atoms with Gasteiger partial charge in [0.2, 0.25) is 0 Å². The molecular formula is C25H20ClN3O4. The van der Waals surface area contributed by atoms with Crippen molar-refractivity contribution < 1.29 is 19.5 Å². The first-order chi connectivity index (χ1) is 15.9. The zero-order valence-corrected chi connectivity index (χ0v) is 18.2. The molecule has 3 aromatic rings. The van der Waals surface area contributed by atoms with E-state index in [2.05, 4.69) is 10.6 Å². The predicted octanol–water partition coefficient (Wildman–Crippen LogP) is 4.12. The fourth-order valence-corrected chi connectivity index (χ4v) is 3.63. The van der Waals surface area contributed by atoms with Crippen molar-refractivity contribution in [3.8, 4) is 5.75 Å². The largest absolute Gasteiger partial charge is 0.506 e. The lowest BCUT2D eigenvalue weighted by Gasteiger charge is -2.15. The second-order valence-corrected chi connectivity index (χ2v) is 7.74. The number of aromatic hydroxyl groups is 1. The third-order valence-corrected chi connectivity index (χ3v) is 5.48. The Balaban J connectivity index is 1.46. The molecule has 0 aromatic heterocycles. The Hall–Kier alpha value is -4.10. The maximum atomic E-state index is 12.8. The number of nitrogens with zero attached hydrogens (tertiary/aromatic N) is 1. The molecule has 8 heteroatoms. The zero-order valence-electron chi connectivity index (χ0n) is 17.4. The lowest BCUT2D eigenvalue weighted by molar-refractivity contribution is -0.137. The molecule has 0 saturated heterocycles. The minimum Gasteiger partial charge on any atom is -0.506 e. The molecule has 0 bridgehead atoms.